The van der Waals surface area contributed by atoms with E-state index in [0.29, 0.717) is 17.1 Å². The van der Waals surface area contributed by atoms with Crippen molar-refractivity contribution in [1.82, 2.24) is 10.3 Å². The molecule has 0 aliphatic heterocycles. The molecule has 0 spiro atoms. The Labute approximate surface area is 123 Å². The second-order valence-corrected chi connectivity index (χ2v) is 4.83. The zero-order chi connectivity index (χ0) is 14.4. The fraction of sp³-hybridized carbons (Fsp3) is 0.200. The van der Waals surface area contributed by atoms with Crippen LogP contribution in [0.5, 0.6) is 0 Å². The summed E-state index contributed by atoms with van der Waals surface area (Å²) in [6.45, 7) is 1.45. The molecule has 0 radical (unpaired) electrons. The number of carbonyl (C=O) groups is 1. The summed E-state index contributed by atoms with van der Waals surface area (Å²) in [6, 6.07) is 11.0. The van der Waals surface area contributed by atoms with E-state index in [4.69, 9.17) is 17.3 Å². The minimum atomic E-state index is -0.471. The summed E-state index contributed by atoms with van der Waals surface area (Å²) in [4.78, 5) is 15.3. The number of nitrogens with one attached hydrogen (secondary N) is 1. The molecular formula is C15H16ClN3O. The van der Waals surface area contributed by atoms with Gasteiger partial charge in [-0.05, 0) is 29.8 Å². The molecule has 5 heteroatoms. The number of nitrogens with two attached hydrogens (primary N) is 1. The summed E-state index contributed by atoms with van der Waals surface area (Å²) < 4.78 is 0. The summed E-state index contributed by atoms with van der Waals surface area (Å²) in [6.07, 6.45) is 2.65. The number of amides is 1. The Kier molecular flexibility index (Phi) is 5.09. The molecule has 104 valence electrons. The van der Waals surface area contributed by atoms with Crippen molar-refractivity contribution in [3.05, 3.63) is 64.4 Å². The van der Waals surface area contributed by atoms with E-state index in [1.165, 1.54) is 0 Å². The Morgan fingerprint density at radius 2 is 2.15 bits per heavy atom. The van der Waals surface area contributed by atoms with Crippen LogP contribution >= 0.6 is 11.6 Å². The van der Waals surface area contributed by atoms with Crippen molar-refractivity contribution in [3.63, 3.8) is 0 Å². The second-order valence-electron chi connectivity index (χ2n) is 4.42. The van der Waals surface area contributed by atoms with E-state index >= 15 is 0 Å². The summed E-state index contributed by atoms with van der Waals surface area (Å²) in [5, 5.41) is 3.85. The van der Waals surface area contributed by atoms with E-state index in [9.17, 15) is 4.79 Å². The van der Waals surface area contributed by atoms with Gasteiger partial charge in [-0.3, -0.25) is 9.78 Å². The average Bonchev–Trinajstić information content (AvgIpc) is 2.46. The summed E-state index contributed by atoms with van der Waals surface area (Å²) in [5.74, 6) is -0.471. The molecule has 0 aliphatic rings. The molecule has 2 aromatic rings. The molecule has 1 amide bonds. The highest BCUT2D eigenvalue weighted by molar-refractivity contribution is 6.31. The number of benzene rings is 1. The van der Waals surface area contributed by atoms with Crippen molar-refractivity contribution >= 4 is 17.5 Å². The first-order valence-electron chi connectivity index (χ1n) is 6.35. The fourth-order valence-electron chi connectivity index (χ4n) is 1.83. The van der Waals surface area contributed by atoms with E-state index < -0.39 is 5.91 Å². The second kappa shape index (κ2) is 7.03. The molecule has 3 N–H and O–H groups in total. The minimum Gasteiger partial charge on any atom is -0.366 e. The van der Waals surface area contributed by atoms with Crippen LogP contribution < -0.4 is 11.1 Å². The third kappa shape index (κ3) is 4.05. The van der Waals surface area contributed by atoms with Crippen LogP contribution in [-0.4, -0.2) is 17.4 Å². The van der Waals surface area contributed by atoms with Gasteiger partial charge < -0.3 is 11.1 Å². The predicted molar refractivity (Wildman–Crippen MR) is 79.6 cm³/mol. The van der Waals surface area contributed by atoms with Crippen molar-refractivity contribution in [3.8, 4) is 0 Å². The zero-order valence-corrected chi connectivity index (χ0v) is 11.7. The normalized spacial score (nSPS) is 10.4. The topological polar surface area (TPSA) is 68.0 Å². The van der Waals surface area contributed by atoms with Crippen LogP contribution in [0.3, 0.4) is 0 Å². The first-order chi connectivity index (χ1) is 9.66. The number of pyridine rings is 1. The minimum absolute atomic E-state index is 0.423. The zero-order valence-electron chi connectivity index (χ0n) is 11.0. The van der Waals surface area contributed by atoms with Gasteiger partial charge in [0.2, 0.25) is 5.91 Å². The third-order valence-corrected chi connectivity index (χ3v) is 3.29. The van der Waals surface area contributed by atoms with E-state index in [1.54, 1.807) is 18.3 Å². The van der Waals surface area contributed by atoms with Gasteiger partial charge in [-0.1, -0.05) is 23.7 Å². The number of hydrogen-bond acceptors (Lipinski definition) is 3. The number of halogens is 1. The lowest BCUT2D eigenvalue weighted by molar-refractivity contribution is 0.100. The van der Waals surface area contributed by atoms with Crippen molar-refractivity contribution in [2.45, 2.75) is 13.0 Å². The molecule has 0 saturated heterocycles. The van der Waals surface area contributed by atoms with E-state index in [-0.39, 0.29) is 0 Å². The SMILES string of the molecule is NC(=O)c1ccc(CNCCc2ccccn2)c(Cl)c1. The van der Waals surface area contributed by atoms with Crippen LogP contribution in [0.2, 0.25) is 5.02 Å². The molecule has 0 atom stereocenters. The lowest BCUT2D eigenvalue weighted by Gasteiger charge is -2.07. The molecule has 1 aromatic carbocycles. The predicted octanol–water partition coefficient (Wildman–Crippen LogP) is 2.17. The number of primary amides is 1. The lowest BCUT2D eigenvalue weighted by atomic mass is 10.1. The lowest BCUT2D eigenvalue weighted by Crippen LogP contribution is -2.18. The van der Waals surface area contributed by atoms with Crippen molar-refractivity contribution in [2.75, 3.05) is 6.54 Å². The van der Waals surface area contributed by atoms with E-state index in [1.807, 2.05) is 24.3 Å². The quantitative estimate of drug-likeness (QED) is 0.801. The van der Waals surface area contributed by atoms with Gasteiger partial charge in [0.15, 0.2) is 0 Å². The van der Waals surface area contributed by atoms with Gasteiger partial charge in [-0.25, -0.2) is 0 Å². The van der Waals surface area contributed by atoms with Gasteiger partial charge in [-0.2, -0.15) is 0 Å². The Morgan fingerprint density at radius 3 is 2.80 bits per heavy atom. The molecule has 0 aliphatic carbocycles. The first-order valence-corrected chi connectivity index (χ1v) is 6.73. The number of hydrogen-bond donors (Lipinski definition) is 2. The molecule has 4 nitrogen and oxygen atoms in total. The Morgan fingerprint density at radius 1 is 1.30 bits per heavy atom. The average molecular weight is 290 g/mol. The Hall–Kier alpha value is -1.91. The maximum Gasteiger partial charge on any atom is 0.248 e. The number of carbonyl (C=O) groups excluding carboxylic acids is 1. The molecule has 1 heterocycles. The molecule has 0 saturated carbocycles. The van der Waals surface area contributed by atoms with Crippen LogP contribution in [0.4, 0.5) is 0 Å². The molecule has 0 bridgehead atoms. The van der Waals surface area contributed by atoms with Crippen LogP contribution in [0.1, 0.15) is 21.6 Å². The summed E-state index contributed by atoms with van der Waals surface area (Å²) >= 11 is 6.11. The number of rotatable bonds is 6. The van der Waals surface area contributed by atoms with Gasteiger partial charge in [0.05, 0.1) is 0 Å². The molecule has 0 unspecified atom stereocenters. The van der Waals surface area contributed by atoms with Crippen LogP contribution in [0.15, 0.2) is 42.6 Å². The fourth-order valence-corrected chi connectivity index (χ4v) is 2.08. The van der Waals surface area contributed by atoms with Crippen LogP contribution in [0.25, 0.3) is 0 Å². The largest absolute Gasteiger partial charge is 0.366 e. The maximum absolute atomic E-state index is 11.0. The highest BCUT2D eigenvalue weighted by Gasteiger charge is 2.05. The first kappa shape index (κ1) is 14.5. The summed E-state index contributed by atoms with van der Waals surface area (Å²) in [7, 11) is 0. The number of aromatic nitrogens is 1. The van der Waals surface area contributed by atoms with E-state index in [2.05, 4.69) is 10.3 Å². The molecule has 2 rings (SSSR count). The molecule has 0 fully saturated rings. The summed E-state index contributed by atoms with van der Waals surface area (Å²) in [5.41, 5.74) is 7.62. The van der Waals surface area contributed by atoms with Gasteiger partial charge >= 0.3 is 0 Å². The van der Waals surface area contributed by atoms with Crippen molar-refractivity contribution in [1.29, 1.82) is 0 Å². The Balaban J connectivity index is 1.84. The van der Waals surface area contributed by atoms with Gasteiger partial charge in [0.1, 0.15) is 0 Å². The molecule has 1 aromatic heterocycles. The molecular weight excluding hydrogens is 274 g/mol. The van der Waals surface area contributed by atoms with Gasteiger partial charge in [-0.15, -0.1) is 0 Å². The van der Waals surface area contributed by atoms with Crippen molar-refractivity contribution < 1.29 is 4.79 Å². The number of nitrogens with zero attached hydrogens (tertiary/aromatic N) is 1. The highest BCUT2D eigenvalue weighted by Crippen LogP contribution is 2.17. The van der Waals surface area contributed by atoms with Gasteiger partial charge in [0.25, 0.3) is 0 Å². The monoisotopic (exact) mass is 289 g/mol. The highest BCUT2D eigenvalue weighted by atomic mass is 35.5. The van der Waals surface area contributed by atoms with E-state index in [0.717, 1.165) is 24.2 Å². The van der Waals surface area contributed by atoms with Gasteiger partial charge in [0, 0.05) is 42.0 Å². The Bertz CT molecular complexity index is 587. The van der Waals surface area contributed by atoms with Crippen LogP contribution in [-0.2, 0) is 13.0 Å². The maximum atomic E-state index is 11.0. The van der Waals surface area contributed by atoms with Crippen LogP contribution in [0, 0.1) is 0 Å². The molecule has 20 heavy (non-hydrogen) atoms. The van der Waals surface area contributed by atoms with Crippen molar-refractivity contribution in [2.24, 2.45) is 5.73 Å². The smallest absolute Gasteiger partial charge is 0.248 e. The third-order valence-electron chi connectivity index (χ3n) is 2.94. The standard InChI is InChI=1S/C15H16ClN3O/c16-14-9-11(15(17)20)4-5-12(14)10-18-8-6-13-3-1-2-7-19-13/h1-5,7,9,18H,6,8,10H2,(H2,17,20).